The predicted octanol–water partition coefficient (Wildman–Crippen LogP) is 31.9. The third-order valence-electron chi connectivity index (χ3n) is 33.5. The Morgan fingerprint density at radius 3 is 0.968 bits per heavy atom. The van der Waals surface area contributed by atoms with Crippen LogP contribution in [0.5, 0.6) is 0 Å². The van der Waals surface area contributed by atoms with Crippen molar-refractivity contribution in [2.45, 2.75) is 114 Å². The van der Waals surface area contributed by atoms with E-state index in [4.69, 9.17) is 0 Å². The lowest BCUT2D eigenvalue weighted by Gasteiger charge is -2.61. The number of hydrogen-bond acceptors (Lipinski definition) is 2. The normalized spacial score (nSPS) is 23.0. The summed E-state index contributed by atoms with van der Waals surface area (Å²) < 4.78 is 4.83. The van der Waals surface area contributed by atoms with E-state index in [1.807, 2.05) is 0 Å². The van der Waals surface area contributed by atoms with Crippen LogP contribution >= 0.6 is 0 Å². The zero-order chi connectivity index (χ0) is 83.2. The Bertz CT molecular complexity index is 7490. The Morgan fingerprint density at radius 2 is 0.516 bits per heavy atom. The van der Waals surface area contributed by atoms with Gasteiger partial charge in [-0.1, -0.05) is 264 Å². The van der Waals surface area contributed by atoms with E-state index in [0.717, 1.165) is 70.1 Å². The minimum absolute atomic E-state index is 0.105. The SMILES string of the molecule is CC1(C)c2ccccc2-c2ccc(N(c3ccc(-c4ccc5c(c4)-c4ccccc4C54C5CC6CC(C5)CC4C6)cc3)c3ccc4c(c3)c3ccccc3n4-c3ccccc3)cc21.CC1(C)c2ccccc2-c2ccc(N(c3ccc(-c4ccc5c(c4)-c4ccccc4C54C5CC6CC(C5)CC4C6)cc3)c3ccc4c5ccccc5n(-c5ccccc5)c4c3)cc21. The largest absolute Gasteiger partial charge is 0.310 e. The van der Waals surface area contributed by atoms with Gasteiger partial charge in [-0.2, -0.15) is 0 Å². The van der Waals surface area contributed by atoms with Crippen molar-refractivity contribution >= 4 is 77.7 Å². The van der Waals surface area contributed by atoms with Gasteiger partial charge in [0.05, 0.1) is 22.1 Å². The van der Waals surface area contributed by atoms with Crippen LogP contribution in [0.2, 0.25) is 0 Å². The lowest BCUT2D eigenvalue weighted by atomic mass is 9.43. The Labute approximate surface area is 739 Å². The van der Waals surface area contributed by atoms with Crippen molar-refractivity contribution in [2.24, 2.45) is 47.3 Å². The van der Waals surface area contributed by atoms with Gasteiger partial charge in [-0.25, -0.2) is 0 Å². The molecule has 16 aromatic carbocycles. The van der Waals surface area contributed by atoms with Crippen LogP contribution in [0.3, 0.4) is 0 Å². The van der Waals surface area contributed by atoms with Crippen LogP contribution < -0.4 is 9.80 Å². The van der Waals surface area contributed by atoms with E-state index in [0.29, 0.717) is 0 Å². The molecule has 8 bridgehead atoms. The molecule has 0 atom stereocenters. The summed E-state index contributed by atoms with van der Waals surface area (Å²) in [4.78, 5) is 4.96. The molecule has 0 amide bonds. The molecule has 0 saturated heterocycles. The molecule has 12 aliphatic rings. The summed E-state index contributed by atoms with van der Waals surface area (Å²) in [5.74, 6) is 6.90. The van der Waals surface area contributed by atoms with Gasteiger partial charge in [0.2, 0.25) is 0 Å². The minimum atomic E-state index is -0.109. The van der Waals surface area contributed by atoms with E-state index in [1.54, 1.807) is 22.3 Å². The summed E-state index contributed by atoms with van der Waals surface area (Å²) >= 11 is 0. The lowest BCUT2D eigenvalue weighted by Crippen LogP contribution is -2.55. The van der Waals surface area contributed by atoms with Gasteiger partial charge in [0.25, 0.3) is 0 Å². The standard InChI is InChI=1S/2C61H50N2/c1-60(2)54-17-9-6-14-48(54)50-27-25-46(36-57(50)60)62(47-26-28-52-51-16-8-11-19-58(51)63(59(52)37-47)44-12-4-3-5-13-44)45-23-20-40(21-24-45)41-22-29-56-53(35-41)49-15-7-10-18-55(49)61(56)42-31-38-30-39(33-42)34-43(61)32-38;1-60(2)54-17-9-6-14-48(54)50-27-25-47(37-57(50)60)62(46-26-29-59-53(36-46)51-16-8-11-19-58(51)63(59)44-12-4-3-5-13-44)45-23-20-40(21-24-45)41-22-28-56-52(35-41)49-15-7-10-18-55(49)61(56)42-31-38-30-39(33-42)34-43(61)32-38/h2*3-29,35-39,42-43H,30-34H2,1-2H3. The molecule has 30 rings (SSSR count). The molecule has 2 aromatic heterocycles. The maximum absolute atomic E-state index is 2.55. The molecular formula is C122H100N4. The molecule has 0 unspecified atom stereocenters. The van der Waals surface area contributed by atoms with Gasteiger partial charge in [-0.15, -0.1) is 0 Å². The number of rotatable bonds is 10. The quantitative estimate of drug-likeness (QED) is 0.136. The summed E-state index contributed by atoms with van der Waals surface area (Å²) in [6, 6.07) is 138. The van der Waals surface area contributed by atoms with Gasteiger partial charge in [-0.05, 0) is 350 Å². The van der Waals surface area contributed by atoms with Crippen LogP contribution in [0.25, 0.3) is 122 Å². The van der Waals surface area contributed by atoms with Gasteiger partial charge in [-0.3, -0.25) is 0 Å². The van der Waals surface area contributed by atoms with Gasteiger partial charge >= 0.3 is 0 Å². The predicted molar refractivity (Wildman–Crippen MR) is 523 cm³/mol. The first kappa shape index (κ1) is 73.1. The zero-order valence-electron chi connectivity index (χ0n) is 72.1. The number of fused-ring (bicyclic) bond motifs is 18. The number of benzene rings is 16. The van der Waals surface area contributed by atoms with E-state index in [2.05, 4.69) is 411 Å². The van der Waals surface area contributed by atoms with Gasteiger partial charge in [0.15, 0.2) is 0 Å². The lowest BCUT2D eigenvalue weighted by molar-refractivity contribution is -0.0399. The Balaban J connectivity index is 0.000000131. The van der Waals surface area contributed by atoms with Gasteiger partial charge < -0.3 is 18.9 Å². The molecule has 2 heterocycles. The molecule has 18 aromatic rings. The highest BCUT2D eigenvalue weighted by atomic mass is 15.2. The average molecular weight is 1620 g/mol. The molecule has 8 fully saturated rings. The average Bonchev–Trinajstić information content (AvgIpc) is 1.50. The molecule has 0 radical (unpaired) electrons. The summed E-state index contributed by atoms with van der Waals surface area (Å²) in [5, 5.41) is 5.03. The first-order valence-corrected chi connectivity index (χ1v) is 46.9. The molecule has 8 saturated carbocycles. The van der Waals surface area contributed by atoms with Crippen LogP contribution in [0, 0.1) is 47.3 Å². The Kier molecular flexibility index (Phi) is 15.7. The molecule has 2 spiro atoms. The second-order valence-electron chi connectivity index (χ2n) is 40.3. The van der Waals surface area contributed by atoms with Crippen molar-refractivity contribution in [2.75, 3.05) is 9.80 Å². The zero-order valence-corrected chi connectivity index (χ0v) is 72.1. The number of aromatic nitrogens is 2. The number of nitrogens with zero attached hydrogens (tertiary/aromatic N) is 4. The fourth-order valence-corrected chi connectivity index (χ4v) is 28.7. The molecule has 0 aliphatic heterocycles. The first-order chi connectivity index (χ1) is 61.9. The van der Waals surface area contributed by atoms with Gasteiger partial charge in [0, 0.05) is 88.7 Å². The van der Waals surface area contributed by atoms with Crippen molar-refractivity contribution in [1.29, 1.82) is 0 Å². The van der Waals surface area contributed by atoms with Crippen molar-refractivity contribution in [3.63, 3.8) is 0 Å². The summed E-state index contributed by atoms with van der Waals surface area (Å²) in [5.41, 5.74) is 42.7. The van der Waals surface area contributed by atoms with E-state index in [1.165, 1.54) is 220 Å². The van der Waals surface area contributed by atoms with E-state index in [-0.39, 0.29) is 21.7 Å². The molecule has 4 nitrogen and oxygen atoms in total. The first-order valence-electron chi connectivity index (χ1n) is 46.9. The highest BCUT2D eigenvalue weighted by Crippen LogP contribution is 2.72. The maximum Gasteiger partial charge on any atom is 0.0561 e. The van der Waals surface area contributed by atoms with E-state index >= 15 is 0 Å². The second kappa shape index (κ2) is 27.1. The monoisotopic (exact) mass is 1620 g/mol. The van der Waals surface area contributed by atoms with Crippen molar-refractivity contribution in [1.82, 2.24) is 9.13 Å². The Hall–Kier alpha value is -13.3. The molecule has 126 heavy (non-hydrogen) atoms. The summed E-state index contributed by atoms with van der Waals surface area (Å²) in [6.07, 6.45) is 14.3. The van der Waals surface area contributed by atoms with Crippen LogP contribution in [0.4, 0.5) is 34.1 Å². The number of para-hydroxylation sites is 4. The van der Waals surface area contributed by atoms with Crippen LogP contribution in [0.15, 0.2) is 364 Å². The fraction of sp³-hybridized carbons (Fsp3) is 0.213. The highest BCUT2D eigenvalue weighted by Gasteiger charge is 2.63. The summed E-state index contributed by atoms with van der Waals surface area (Å²) in [7, 11) is 0. The van der Waals surface area contributed by atoms with Crippen LogP contribution in [0.1, 0.15) is 136 Å². The number of anilines is 6. The fourth-order valence-electron chi connectivity index (χ4n) is 28.7. The van der Waals surface area contributed by atoms with Gasteiger partial charge in [0.1, 0.15) is 0 Å². The van der Waals surface area contributed by atoms with Crippen molar-refractivity contribution < 1.29 is 0 Å². The third kappa shape index (κ3) is 10.4. The maximum atomic E-state index is 2.55. The highest BCUT2D eigenvalue weighted by molar-refractivity contribution is 6.12. The Morgan fingerprint density at radius 1 is 0.206 bits per heavy atom. The van der Waals surface area contributed by atoms with E-state index in [9.17, 15) is 0 Å². The molecule has 608 valence electrons. The number of hydrogen-bond donors (Lipinski definition) is 0. The molecule has 4 heteroatoms. The van der Waals surface area contributed by atoms with E-state index < -0.39 is 0 Å². The third-order valence-corrected chi connectivity index (χ3v) is 33.5. The minimum Gasteiger partial charge on any atom is -0.310 e. The second-order valence-corrected chi connectivity index (χ2v) is 40.3. The molecular weight excluding hydrogens is 1520 g/mol. The molecule has 0 N–H and O–H groups in total. The smallest absolute Gasteiger partial charge is 0.0561 e. The van der Waals surface area contributed by atoms with Crippen molar-refractivity contribution in [3.05, 3.63) is 408 Å². The van der Waals surface area contributed by atoms with Crippen molar-refractivity contribution in [3.8, 4) is 78.1 Å². The topological polar surface area (TPSA) is 16.3 Å². The van der Waals surface area contributed by atoms with Crippen LogP contribution in [-0.4, -0.2) is 9.13 Å². The summed E-state index contributed by atoms with van der Waals surface area (Å²) in [6.45, 7) is 9.52. The molecule has 12 aliphatic carbocycles. The van der Waals surface area contributed by atoms with Crippen LogP contribution in [-0.2, 0) is 21.7 Å².